The Labute approximate surface area is 165 Å². The van der Waals surface area contributed by atoms with Gasteiger partial charge in [-0.1, -0.05) is 30.3 Å². The summed E-state index contributed by atoms with van der Waals surface area (Å²) in [6.45, 7) is 3.62. The summed E-state index contributed by atoms with van der Waals surface area (Å²) in [6.07, 6.45) is 2.41. The lowest BCUT2D eigenvalue weighted by molar-refractivity contribution is 0.0936. The lowest BCUT2D eigenvalue weighted by Crippen LogP contribution is -2.36. The van der Waals surface area contributed by atoms with E-state index in [1.165, 1.54) is 18.4 Å². The van der Waals surface area contributed by atoms with Gasteiger partial charge in [0.1, 0.15) is 13.2 Å². The highest BCUT2D eigenvalue weighted by Crippen LogP contribution is 2.40. The summed E-state index contributed by atoms with van der Waals surface area (Å²) in [5.74, 6) is 1.48. The third-order valence-corrected chi connectivity index (χ3v) is 5.31. The molecule has 0 spiro atoms. The van der Waals surface area contributed by atoms with Gasteiger partial charge in [-0.05, 0) is 43.6 Å². The molecule has 0 saturated carbocycles. The van der Waals surface area contributed by atoms with Crippen molar-refractivity contribution in [3.8, 4) is 17.2 Å². The van der Waals surface area contributed by atoms with E-state index in [9.17, 15) is 4.79 Å². The maximum absolute atomic E-state index is 12.9. The second-order valence-corrected chi connectivity index (χ2v) is 7.08. The van der Waals surface area contributed by atoms with Crippen LogP contribution in [0.4, 0.5) is 0 Å². The Morgan fingerprint density at radius 3 is 2.64 bits per heavy atom. The molecular weight excluding hydrogens is 356 g/mol. The lowest BCUT2D eigenvalue weighted by Gasteiger charge is -2.28. The fraction of sp³-hybridized carbons (Fsp3) is 0.409. The van der Waals surface area contributed by atoms with Crippen LogP contribution in [0.2, 0.25) is 0 Å². The molecule has 6 heteroatoms. The highest BCUT2D eigenvalue weighted by atomic mass is 16.6. The lowest BCUT2D eigenvalue weighted by atomic mass is 10.1. The molecular formula is C22H26N2O4. The van der Waals surface area contributed by atoms with E-state index in [2.05, 4.69) is 22.3 Å². The van der Waals surface area contributed by atoms with Crippen molar-refractivity contribution in [1.82, 2.24) is 10.2 Å². The van der Waals surface area contributed by atoms with Gasteiger partial charge >= 0.3 is 0 Å². The van der Waals surface area contributed by atoms with E-state index in [1.54, 1.807) is 19.2 Å². The molecule has 28 heavy (non-hydrogen) atoms. The number of carbonyl (C=O) groups excluding carboxylic acids is 1. The third-order valence-electron chi connectivity index (χ3n) is 5.31. The number of likely N-dealkylation sites (tertiary alicyclic amines) is 1. The van der Waals surface area contributed by atoms with E-state index in [0.717, 1.165) is 13.1 Å². The van der Waals surface area contributed by atoms with Crippen LogP contribution in [-0.2, 0) is 0 Å². The molecule has 0 aliphatic carbocycles. The molecule has 6 nitrogen and oxygen atoms in total. The van der Waals surface area contributed by atoms with E-state index in [0.29, 0.717) is 42.6 Å². The Morgan fingerprint density at radius 2 is 1.89 bits per heavy atom. The summed E-state index contributed by atoms with van der Waals surface area (Å²) in [5.41, 5.74) is 1.73. The van der Waals surface area contributed by atoms with Gasteiger partial charge in [-0.25, -0.2) is 0 Å². The maximum Gasteiger partial charge on any atom is 0.251 e. The van der Waals surface area contributed by atoms with Gasteiger partial charge in [0.2, 0.25) is 5.75 Å². The fourth-order valence-corrected chi connectivity index (χ4v) is 3.88. The normalized spacial score (nSPS) is 17.2. The van der Waals surface area contributed by atoms with E-state index in [1.807, 2.05) is 18.2 Å². The van der Waals surface area contributed by atoms with Crippen LogP contribution in [0.25, 0.3) is 0 Å². The van der Waals surface area contributed by atoms with Crippen molar-refractivity contribution in [1.29, 1.82) is 0 Å². The van der Waals surface area contributed by atoms with E-state index < -0.39 is 0 Å². The van der Waals surface area contributed by atoms with Gasteiger partial charge < -0.3 is 19.5 Å². The summed E-state index contributed by atoms with van der Waals surface area (Å²) in [7, 11) is 1.56. The monoisotopic (exact) mass is 382 g/mol. The van der Waals surface area contributed by atoms with Crippen molar-refractivity contribution in [2.24, 2.45) is 0 Å². The molecule has 1 fully saturated rings. The van der Waals surface area contributed by atoms with E-state index >= 15 is 0 Å². The second kappa shape index (κ2) is 8.52. The van der Waals surface area contributed by atoms with Gasteiger partial charge in [0.05, 0.1) is 13.2 Å². The zero-order valence-corrected chi connectivity index (χ0v) is 16.1. The van der Waals surface area contributed by atoms with Gasteiger partial charge in [0, 0.05) is 12.1 Å². The molecule has 1 saturated heterocycles. The van der Waals surface area contributed by atoms with E-state index in [4.69, 9.17) is 14.2 Å². The Bertz CT molecular complexity index is 802. The third kappa shape index (κ3) is 3.92. The van der Waals surface area contributed by atoms with Crippen LogP contribution in [-0.4, -0.2) is 50.8 Å². The minimum atomic E-state index is -0.143. The molecule has 2 aliphatic rings. The molecule has 0 bridgehead atoms. The number of nitrogens with zero attached hydrogens (tertiary/aromatic N) is 1. The van der Waals surface area contributed by atoms with Crippen molar-refractivity contribution in [3.05, 3.63) is 53.6 Å². The Kier molecular flexibility index (Phi) is 5.67. The van der Waals surface area contributed by atoms with Crippen molar-refractivity contribution >= 4 is 5.91 Å². The van der Waals surface area contributed by atoms with Crippen LogP contribution in [0.5, 0.6) is 17.2 Å². The van der Waals surface area contributed by atoms with Crippen molar-refractivity contribution in [2.75, 3.05) is 40.0 Å². The van der Waals surface area contributed by atoms with Crippen molar-refractivity contribution in [3.63, 3.8) is 0 Å². The molecule has 0 radical (unpaired) electrons. The van der Waals surface area contributed by atoms with Gasteiger partial charge in [-0.3, -0.25) is 9.69 Å². The SMILES string of the molecule is COc1cc(C(=O)NCC(c2ccccc2)N2CCCC2)cc2c1OCCO2. The zero-order valence-electron chi connectivity index (χ0n) is 16.1. The molecule has 0 aromatic heterocycles. The summed E-state index contributed by atoms with van der Waals surface area (Å²) in [4.78, 5) is 15.3. The highest BCUT2D eigenvalue weighted by Gasteiger charge is 2.25. The number of benzene rings is 2. The van der Waals surface area contributed by atoms with Gasteiger partial charge in [-0.2, -0.15) is 0 Å². The van der Waals surface area contributed by atoms with Crippen LogP contribution in [0.1, 0.15) is 34.8 Å². The standard InChI is InChI=1S/C22H26N2O4/c1-26-19-13-17(14-20-21(19)28-12-11-27-20)22(25)23-15-18(24-9-5-6-10-24)16-7-3-2-4-8-16/h2-4,7-8,13-14,18H,5-6,9-12,15H2,1H3,(H,23,25). The predicted octanol–water partition coefficient (Wildman–Crippen LogP) is 3.03. The Balaban J connectivity index is 1.51. The molecule has 2 heterocycles. The molecule has 2 aromatic carbocycles. The molecule has 2 aromatic rings. The van der Waals surface area contributed by atoms with Gasteiger partial charge in [0.25, 0.3) is 5.91 Å². The van der Waals surface area contributed by atoms with E-state index in [-0.39, 0.29) is 11.9 Å². The van der Waals surface area contributed by atoms with Crippen LogP contribution in [0, 0.1) is 0 Å². The molecule has 1 N–H and O–H groups in total. The number of methoxy groups -OCH3 is 1. The Morgan fingerprint density at radius 1 is 1.14 bits per heavy atom. The summed E-state index contributed by atoms with van der Waals surface area (Å²) >= 11 is 0. The average Bonchev–Trinajstić information content (AvgIpc) is 3.28. The fourth-order valence-electron chi connectivity index (χ4n) is 3.88. The van der Waals surface area contributed by atoms with Crippen LogP contribution >= 0.6 is 0 Å². The van der Waals surface area contributed by atoms with Gasteiger partial charge in [0.15, 0.2) is 11.5 Å². The number of amides is 1. The number of fused-ring (bicyclic) bond motifs is 1. The summed E-state index contributed by atoms with van der Waals surface area (Å²) in [5, 5.41) is 3.10. The van der Waals surface area contributed by atoms with Crippen LogP contribution in [0.15, 0.2) is 42.5 Å². The largest absolute Gasteiger partial charge is 0.493 e. The molecule has 2 aliphatic heterocycles. The molecule has 1 amide bonds. The smallest absolute Gasteiger partial charge is 0.251 e. The second-order valence-electron chi connectivity index (χ2n) is 7.08. The first-order chi connectivity index (χ1) is 13.8. The number of rotatable bonds is 6. The maximum atomic E-state index is 12.9. The Hall–Kier alpha value is -2.73. The number of nitrogens with one attached hydrogen (secondary N) is 1. The minimum absolute atomic E-state index is 0.143. The van der Waals surface area contributed by atoms with Crippen molar-refractivity contribution < 1.29 is 19.0 Å². The molecule has 1 unspecified atom stereocenters. The molecule has 4 rings (SSSR count). The topological polar surface area (TPSA) is 60.0 Å². The quantitative estimate of drug-likeness (QED) is 0.832. The van der Waals surface area contributed by atoms with Crippen LogP contribution in [0.3, 0.4) is 0 Å². The van der Waals surface area contributed by atoms with Crippen molar-refractivity contribution in [2.45, 2.75) is 18.9 Å². The van der Waals surface area contributed by atoms with Gasteiger partial charge in [-0.15, -0.1) is 0 Å². The number of ether oxygens (including phenoxy) is 3. The molecule has 148 valence electrons. The first kappa shape index (κ1) is 18.6. The zero-order chi connectivity index (χ0) is 19.3. The first-order valence-electron chi connectivity index (χ1n) is 9.81. The average molecular weight is 382 g/mol. The first-order valence-corrected chi connectivity index (χ1v) is 9.81. The number of carbonyl (C=O) groups is 1. The molecule has 1 atom stereocenters. The number of hydrogen-bond donors (Lipinski definition) is 1. The number of hydrogen-bond acceptors (Lipinski definition) is 5. The predicted molar refractivity (Wildman–Crippen MR) is 106 cm³/mol. The highest BCUT2D eigenvalue weighted by molar-refractivity contribution is 5.95. The van der Waals surface area contributed by atoms with Crippen LogP contribution < -0.4 is 19.5 Å². The summed E-state index contributed by atoms with van der Waals surface area (Å²) < 4.78 is 16.6. The minimum Gasteiger partial charge on any atom is -0.493 e. The summed E-state index contributed by atoms with van der Waals surface area (Å²) in [6, 6.07) is 14.0.